The molecule has 5 rings (SSSR count). The molecule has 0 aliphatic heterocycles. The molecular weight excluding hydrogens is 460 g/mol. The van der Waals surface area contributed by atoms with Crippen molar-refractivity contribution in [1.82, 2.24) is 29.5 Å². The van der Waals surface area contributed by atoms with Crippen LogP contribution in [0.3, 0.4) is 0 Å². The first-order chi connectivity index (χ1) is 15.0. The maximum atomic E-state index is 13.0. The van der Waals surface area contributed by atoms with Crippen molar-refractivity contribution in [3.05, 3.63) is 86.8 Å². The van der Waals surface area contributed by atoms with Crippen LogP contribution in [0.15, 0.2) is 68.8 Å². The third kappa shape index (κ3) is 3.68. The molecule has 5 aromatic rings. The van der Waals surface area contributed by atoms with Crippen LogP contribution in [0, 0.1) is 13.8 Å². The van der Waals surface area contributed by atoms with Crippen molar-refractivity contribution < 1.29 is 4.52 Å². The van der Waals surface area contributed by atoms with E-state index in [0.29, 0.717) is 22.7 Å². The zero-order valence-corrected chi connectivity index (χ0v) is 18.4. The minimum absolute atomic E-state index is 0.123. The largest absolute Gasteiger partial charge is 0.337 e. The fourth-order valence-electron chi connectivity index (χ4n) is 3.53. The van der Waals surface area contributed by atoms with E-state index < -0.39 is 0 Å². The van der Waals surface area contributed by atoms with Crippen molar-refractivity contribution in [3.8, 4) is 17.1 Å². The lowest BCUT2D eigenvalue weighted by molar-refractivity contribution is 0.369. The standard InChI is InChI=1S/C22H17BrN6O2/c1-13-6-14(2)8-17(7-13)29-21-18(10-25-29)22(30)28(12-24-21)11-19-26-20(27-31-19)15-4-3-5-16(23)9-15/h3-10,12H,11H2,1-2H3. The van der Waals surface area contributed by atoms with Gasteiger partial charge in [0.1, 0.15) is 18.3 Å². The van der Waals surface area contributed by atoms with E-state index >= 15 is 0 Å². The number of nitrogens with zero attached hydrogens (tertiary/aromatic N) is 6. The predicted molar refractivity (Wildman–Crippen MR) is 119 cm³/mol. The summed E-state index contributed by atoms with van der Waals surface area (Å²) in [6.45, 7) is 4.17. The van der Waals surface area contributed by atoms with Crippen LogP contribution in [0.2, 0.25) is 0 Å². The number of aromatic nitrogens is 6. The van der Waals surface area contributed by atoms with Crippen molar-refractivity contribution >= 4 is 27.0 Å². The van der Waals surface area contributed by atoms with Crippen LogP contribution in [-0.2, 0) is 6.54 Å². The lowest BCUT2D eigenvalue weighted by atomic mass is 10.1. The van der Waals surface area contributed by atoms with Gasteiger partial charge >= 0.3 is 0 Å². The Bertz CT molecular complexity index is 1460. The van der Waals surface area contributed by atoms with E-state index in [4.69, 9.17) is 4.52 Å². The Morgan fingerprint density at radius 1 is 1.10 bits per heavy atom. The van der Waals surface area contributed by atoms with Gasteiger partial charge < -0.3 is 4.52 Å². The molecule has 8 nitrogen and oxygen atoms in total. The molecule has 0 N–H and O–H groups in total. The molecule has 0 amide bonds. The van der Waals surface area contributed by atoms with Gasteiger partial charge in [-0.3, -0.25) is 9.36 Å². The first kappa shape index (κ1) is 19.4. The second kappa shape index (κ2) is 7.59. The van der Waals surface area contributed by atoms with Gasteiger partial charge in [-0.1, -0.05) is 39.3 Å². The second-order valence-electron chi connectivity index (χ2n) is 7.34. The summed E-state index contributed by atoms with van der Waals surface area (Å²) in [5.41, 5.74) is 4.21. The van der Waals surface area contributed by atoms with Crippen molar-refractivity contribution in [3.63, 3.8) is 0 Å². The summed E-state index contributed by atoms with van der Waals surface area (Å²) in [6, 6.07) is 13.7. The SMILES string of the molecule is Cc1cc(C)cc(-n2ncc3c(=O)n(Cc4nc(-c5cccc(Br)c5)no4)cnc32)c1. The van der Waals surface area contributed by atoms with Gasteiger partial charge in [0.25, 0.3) is 5.56 Å². The molecule has 0 unspecified atom stereocenters. The third-order valence-corrected chi connectivity index (χ3v) is 5.36. The van der Waals surface area contributed by atoms with E-state index in [1.807, 2.05) is 50.2 Å². The van der Waals surface area contributed by atoms with E-state index in [9.17, 15) is 4.79 Å². The summed E-state index contributed by atoms with van der Waals surface area (Å²) in [7, 11) is 0. The van der Waals surface area contributed by atoms with E-state index in [1.165, 1.54) is 10.9 Å². The van der Waals surface area contributed by atoms with Crippen molar-refractivity contribution in [2.24, 2.45) is 0 Å². The number of hydrogen-bond donors (Lipinski definition) is 0. The Labute approximate surface area is 185 Å². The smallest absolute Gasteiger partial charge is 0.264 e. The molecule has 3 aromatic heterocycles. The van der Waals surface area contributed by atoms with Gasteiger partial charge in [-0.15, -0.1) is 0 Å². The molecule has 0 atom stereocenters. The van der Waals surface area contributed by atoms with Crippen LogP contribution in [0.1, 0.15) is 17.0 Å². The highest BCUT2D eigenvalue weighted by molar-refractivity contribution is 9.10. The van der Waals surface area contributed by atoms with Crippen molar-refractivity contribution in [1.29, 1.82) is 0 Å². The fraction of sp³-hybridized carbons (Fsp3) is 0.136. The second-order valence-corrected chi connectivity index (χ2v) is 8.25. The fourth-order valence-corrected chi connectivity index (χ4v) is 3.93. The first-order valence-corrected chi connectivity index (χ1v) is 10.4. The Morgan fingerprint density at radius 3 is 2.68 bits per heavy atom. The predicted octanol–water partition coefficient (Wildman–Crippen LogP) is 4.06. The number of hydrogen-bond acceptors (Lipinski definition) is 6. The summed E-state index contributed by atoms with van der Waals surface area (Å²) >= 11 is 3.43. The highest BCUT2D eigenvalue weighted by atomic mass is 79.9. The summed E-state index contributed by atoms with van der Waals surface area (Å²) in [5, 5.41) is 8.83. The topological polar surface area (TPSA) is 91.6 Å². The Morgan fingerprint density at radius 2 is 1.90 bits per heavy atom. The summed E-state index contributed by atoms with van der Waals surface area (Å²) in [6.07, 6.45) is 3.02. The van der Waals surface area contributed by atoms with Gasteiger partial charge in [0, 0.05) is 10.0 Å². The molecule has 0 radical (unpaired) electrons. The molecule has 0 fully saturated rings. The third-order valence-electron chi connectivity index (χ3n) is 4.86. The highest BCUT2D eigenvalue weighted by Crippen LogP contribution is 2.21. The van der Waals surface area contributed by atoms with Gasteiger partial charge in [0.2, 0.25) is 11.7 Å². The molecule has 2 aromatic carbocycles. The maximum Gasteiger partial charge on any atom is 0.264 e. The van der Waals surface area contributed by atoms with E-state index in [2.05, 4.69) is 42.2 Å². The van der Waals surface area contributed by atoms with E-state index in [1.54, 1.807) is 10.9 Å². The van der Waals surface area contributed by atoms with Gasteiger partial charge in [-0.05, 0) is 49.2 Å². The zero-order chi connectivity index (χ0) is 21.5. The molecule has 0 aliphatic rings. The number of benzene rings is 2. The summed E-state index contributed by atoms with van der Waals surface area (Å²) in [5.74, 6) is 0.779. The zero-order valence-electron chi connectivity index (χ0n) is 16.8. The molecule has 0 saturated heterocycles. The van der Waals surface area contributed by atoms with Crippen LogP contribution in [0.25, 0.3) is 28.1 Å². The molecule has 0 aliphatic carbocycles. The van der Waals surface area contributed by atoms with Crippen LogP contribution in [0.4, 0.5) is 0 Å². The van der Waals surface area contributed by atoms with Gasteiger partial charge in [-0.2, -0.15) is 10.1 Å². The van der Waals surface area contributed by atoms with Crippen LogP contribution >= 0.6 is 15.9 Å². The normalized spacial score (nSPS) is 11.3. The molecule has 31 heavy (non-hydrogen) atoms. The molecule has 0 saturated carbocycles. The number of rotatable bonds is 4. The Kier molecular flexibility index (Phi) is 4.74. The van der Waals surface area contributed by atoms with E-state index in [0.717, 1.165) is 26.9 Å². The average Bonchev–Trinajstić information content (AvgIpc) is 3.37. The molecular formula is C22H17BrN6O2. The number of halogens is 1. The van der Waals surface area contributed by atoms with Gasteiger partial charge in [0.15, 0.2) is 5.65 Å². The van der Waals surface area contributed by atoms with Crippen molar-refractivity contribution in [2.75, 3.05) is 0 Å². The summed E-state index contributed by atoms with van der Waals surface area (Å²) < 4.78 is 9.38. The molecule has 9 heteroatoms. The quantitative estimate of drug-likeness (QED) is 0.388. The van der Waals surface area contributed by atoms with Gasteiger partial charge in [-0.25, -0.2) is 9.67 Å². The molecule has 3 heterocycles. The average molecular weight is 477 g/mol. The molecule has 0 spiro atoms. The Hall–Kier alpha value is -3.59. The molecule has 0 bridgehead atoms. The minimum atomic E-state index is -0.220. The van der Waals surface area contributed by atoms with Crippen LogP contribution in [0.5, 0.6) is 0 Å². The summed E-state index contributed by atoms with van der Waals surface area (Å²) in [4.78, 5) is 21.9. The maximum absolute atomic E-state index is 13.0. The lowest BCUT2D eigenvalue weighted by Gasteiger charge is -2.06. The highest BCUT2D eigenvalue weighted by Gasteiger charge is 2.15. The van der Waals surface area contributed by atoms with E-state index in [-0.39, 0.29) is 12.1 Å². The van der Waals surface area contributed by atoms with Crippen molar-refractivity contribution in [2.45, 2.75) is 20.4 Å². The Balaban J connectivity index is 1.48. The molecule has 154 valence electrons. The number of aryl methyl sites for hydroxylation is 2. The number of fused-ring (bicyclic) bond motifs is 1. The monoisotopic (exact) mass is 476 g/mol. The first-order valence-electron chi connectivity index (χ1n) is 9.58. The minimum Gasteiger partial charge on any atom is -0.337 e. The lowest BCUT2D eigenvalue weighted by Crippen LogP contribution is -2.21. The van der Waals surface area contributed by atoms with Crippen LogP contribution in [-0.4, -0.2) is 29.5 Å². The van der Waals surface area contributed by atoms with Crippen LogP contribution < -0.4 is 5.56 Å². The van der Waals surface area contributed by atoms with Gasteiger partial charge in [0.05, 0.1) is 11.9 Å².